The van der Waals surface area contributed by atoms with Gasteiger partial charge in [-0.2, -0.15) is 0 Å². The first-order valence-corrected chi connectivity index (χ1v) is 3.54. The fourth-order valence-corrected chi connectivity index (χ4v) is 0.809. The van der Waals surface area contributed by atoms with Crippen molar-refractivity contribution in [2.75, 3.05) is 6.61 Å². The summed E-state index contributed by atoms with van der Waals surface area (Å²) in [7, 11) is 0. The molecule has 1 fully saturated rings. The van der Waals surface area contributed by atoms with E-state index >= 15 is 0 Å². The van der Waals surface area contributed by atoms with Gasteiger partial charge in [0.1, 0.15) is 6.10 Å². The maximum atomic E-state index is 9.22. The molecule has 0 aliphatic carbocycles. The lowest BCUT2D eigenvalue weighted by atomic mass is 10.1. The van der Waals surface area contributed by atoms with E-state index in [1.165, 1.54) is 0 Å². The van der Waals surface area contributed by atoms with Gasteiger partial charge in [0.2, 0.25) is 0 Å². The molecule has 1 N–H and O–H groups in total. The van der Waals surface area contributed by atoms with Gasteiger partial charge < -0.3 is 9.84 Å². The lowest BCUT2D eigenvalue weighted by molar-refractivity contribution is 0.128. The van der Waals surface area contributed by atoms with Crippen LogP contribution in [0.1, 0.15) is 19.8 Å². The summed E-state index contributed by atoms with van der Waals surface area (Å²) in [6.07, 6.45) is 1.34. The van der Waals surface area contributed by atoms with Gasteiger partial charge in [-0.3, -0.25) is 0 Å². The molecule has 0 radical (unpaired) electrons. The smallest absolute Gasteiger partial charge is 0.107 e. The van der Waals surface area contributed by atoms with Gasteiger partial charge in [0, 0.05) is 6.42 Å². The van der Waals surface area contributed by atoms with Gasteiger partial charge in [-0.15, -0.1) is 11.8 Å². The lowest BCUT2D eigenvalue weighted by Gasteiger charge is -2.01. The Bertz CT molecular complexity index is 150. The van der Waals surface area contributed by atoms with Crippen LogP contribution in [-0.4, -0.2) is 23.9 Å². The summed E-state index contributed by atoms with van der Waals surface area (Å²) >= 11 is 0. The Hall–Kier alpha value is -0.520. The summed E-state index contributed by atoms with van der Waals surface area (Å²) in [4.78, 5) is 0. The molecule has 0 spiro atoms. The fraction of sp³-hybridized carbons (Fsp3) is 0.750. The van der Waals surface area contributed by atoms with Crippen molar-refractivity contribution in [1.82, 2.24) is 0 Å². The highest BCUT2D eigenvalue weighted by Gasteiger charge is 2.30. The number of hydrogen-bond acceptors (Lipinski definition) is 2. The zero-order valence-electron chi connectivity index (χ0n) is 6.13. The van der Waals surface area contributed by atoms with E-state index in [2.05, 4.69) is 11.8 Å². The molecule has 0 amide bonds. The average molecular weight is 140 g/mol. The Labute approximate surface area is 61.2 Å². The van der Waals surface area contributed by atoms with Crippen molar-refractivity contribution in [2.24, 2.45) is 0 Å². The van der Waals surface area contributed by atoms with Crippen molar-refractivity contribution in [2.45, 2.75) is 32.0 Å². The molecule has 0 saturated carbocycles. The predicted molar refractivity (Wildman–Crippen MR) is 38.4 cm³/mol. The van der Waals surface area contributed by atoms with Crippen LogP contribution in [0.3, 0.4) is 0 Å². The number of rotatable bonds is 3. The molecule has 1 heterocycles. The standard InChI is InChI=1S/C8H12O2/c1-2-3-4-5-7(9)8-6-10-8/h7-9H,4-6H2,1H3/t7-,8+/m1/s1. The third-order valence-electron chi connectivity index (χ3n) is 1.53. The lowest BCUT2D eigenvalue weighted by Crippen LogP contribution is -2.13. The summed E-state index contributed by atoms with van der Waals surface area (Å²) < 4.78 is 4.90. The van der Waals surface area contributed by atoms with Crippen molar-refractivity contribution < 1.29 is 9.84 Å². The number of aliphatic hydroxyl groups excluding tert-OH is 1. The quantitative estimate of drug-likeness (QED) is 0.458. The van der Waals surface area contributed by atoms with Gasteiger partial charge in [0.25, 0.3) is 0 Å². The molecule has 0 aromatic carbocycles. The Morgan fingerprint density at radius 3 is 3.00 bits per heavy atom. The molecule has 1 rings (SSSR count). The minimum atomic E-state index is -0.291. The van der Waals surface area contributed by atoms with E-state index in [-0.39, 0.29) is 12.2 Å². The Kier molecular flexibility index (Phi) is 2.73. The van der Waals surface area contributed by atoms with E-state index in [0.717, 1.165) is 19.4 Å². The van der Waals surface area contributed by atoms with Gasteiger partial charge in [-0.05, 0) is 13.3 Å². The molecular weight excluding hydrogens is 128 g/mol. The molecule has 1 aliphatic rings. The molecule has 0 unspecified atom stereocenters. The van der Waals surface area contributed by atoms with Crippen LogP contribution < -0.4 is 0 Å². The molecule has 0 aromatic heterocycles. The second-order valence-corrected chi connectivity index (χ2v) is 2.40. The maximum absolute atomic E-state index is 9.22. The molecule has 10 heavy (non-hydrogen) atoms. The number of epoxide rings is 1. The number of hydrogen-bond donors (Lipinski definition) is 1. The minimum Gasteiger partial charge on any atom is -0.390 e. The molecule has 2 atom stereocenters. The zero-order valence-corrected chi connectivity index (χ0v) is 6.13. The van der Waals surface area contributed by atoms with Crippen molar-refractivity contribution in [3.8, 4) is 11.8 Å². The van der Waals surface area contributed by atoms with Crippen LogP contribution in [0.4, 0.5) is 0 Å². The van der Waals surface area contributed by atoms with Crippen LogP contribution in [0.2, 0.25) is 0 Å². The third-order valence-corrected chi connectivity index (χ3v) is 1.53. The predicted octanol–water partition coefficient (Wildman–Crippen LogP) is 0.550. The molecule has 1 aliphatic heterocycles. The minimum absolute atomic E-state index is 0.110. The van der Waals surface area contributed by atoms with Crippen molar-refractivity contribution in [3.63, 3.8) is 0 Å². The van der Waals surface area contributed by atoms with Crippen LogP contribution >= 0.6 is 0 Å². The van der Waals surface area contributed by atoms with E-state index in [9.17, 15) is 5.11 Å². The normalized spacial score (nSPS) is 24.8. The highest BCUT2D eigenvalue weighted by molar-refractivity contribution is 4.96. The van der Waals surface area contributed by atoms with Crippen LogP contribution in [0.25, 0.3) is 0 Å². The van der Waals surface area contributed by atoms with Gasteiger partial charge in [0.15, 0.2) is 0 Å². The Morgan fingerprint density at radius 1 is 1.80 bits per heavy atom. The highest BCUT2D eigenvalue weighted by atomic mass is 16.6. The summed E-state index contributed by atoms with van der Waals surface area (Å²) in [5.74, 6) is 5.68. The van der Waals surface area contributed by atoms with E-state index in [4.69, 9.17) is 4.74 Å². The summed E-state index contributed by atoms with van der Waals surface area (Å²) in [5.41, 5.74) is 0. The van der Waals surface area contributed by atoms with E-state index in [1.54, 1.807) is 6.92 Å². The topological polar surface area (TPSA) is 32.8 Å². The molecule has 56 valence electrons. The number of ether oxygens (including phenoxy) is 1. The second-order valence-electron chi connectivity index (χ2n) is 2.40. The molecular formula is C8H12O2. The van der Waals surface area contributed by atoms with Gasteiger partial charge in [-0.1, -0.05) is 0 Å². The van der Waals surface area contributed by atoms with Crippen LogP contribution in [0.5, 0.6) is 0 Å². The summed E-state index contributed by atoms with van der Waals surface area (Å²) in [6.45, 7) is 2.53. The van der Waals surface area contributed by atoms with Crippen LogP contribution in [0.15, 0.2) is 0 Å². The summed E-state index contributed by atoms with van der Waals surface area (Å²) in [5, 5.41) is 9.22. The first-order valence-electron chi connectivity index (χ1n) is 3.54. The first kappa shape index (κ1) is 7.59. The second kappa shape index (κ2) is 3.60. The Balaban J connectivity index is 2.04. The molecule has 1 saturated heterocycles. The molecule has 2 heteroatoms. The van der Waals surface area contributed by atoms with E-state index in [0.29, 0.717) is 0 Å². The Morgan fingerprint density at radius 2 is 2.50 bits per heavy atom. The maximum Gasteiger partial charge on any atom is 0.107 e. The molecule has 0 aromatic rings. The first-order chi connectivity index (χ1) is 4.84. The van der Waals surface area contributed by atoms with Crippen molar-refractivity contribution in [3.05, 3.63) is 0 Å². The molecule has 2 nitrogen and oxygen atoms in total. The van der Waals surface area contributed by atoms with Gasteiger partial charge >= 0.3 is 0 Å². The largest absolute Gasteiger partial charge is 0.390 e. The van der Waals surface area contributed by atoms with Gasteiger partial charge in [-0.25, -0.2) is 0 Å². The summed E-state index contributed by atoms with van der Waals surface area (Å²) in [6, 6.07) is 0. The highest BCUT2D eigenvalue weighted by Crippen LogP contribution is 2.16. The van der Waals surface area contributed by atoms with Crippen molar-refractivity contribution >= 4 is 0 Å². The van der Waals surface area contributed by atoms with E-state index in [1.807, 2.05) is 0 Å². The molecule has 0 bridgehead atoms. The van der Waals surface area contributed by atoms with Crippen molar-refractivity contribution in [1.29, 1.82) is 0 Å². The van der Waals surface area contributed by atoms with Crippen LogP contribution in [0, 0.1) is 11.8 Å². The zero-order chi connectivity index (χ0) is 7.40. The van der Waals surface area contributed by atoms with Gasteiger partial charge in [0.05, 0.1) is 12.7 Å². The third kappa shape index (κ3) is 2.38. The fourth-order valence-electron chi connectivity index (χ4n) is 0.809. The van der Waals surface area contributed by atoms with E-state index < -0.39 is 0 Å². The monoisotopic (exact) mass is 140 g/mol. The average Bonchev–Trinajstić information content (AvgIpc) is 2.69. The SMILES string of the molecule is CC#CCC[C@@H](O)[C@@H]1CO1. The number of aliphatic hydroxyl groups is 1. The van der Waals surface area contributed by atoms with Crippen LogP contribution in [-0.2, 0) is 4.74 Å².